The first-order valence-electron chi connectivity index (χ1n) is 9.57. The summed E-state index contributed by atoms with van der Waals surface area (Å²) in [5.74, 6) is -0.354. The van der Waals surface area contributed by atoms with E-state index >= 15 is 0 Å². The minimum atomic E-state index is -3.74. The van der Waals surface area contributed by atoms with Crippen molar-refractivity contribution in [3.63, 3.8) is 0 Å². The normalized spacial score (nSPS) is 17.0. The standard InChI is InChI=1S/C21H25N3O4S2/c1-15-6-12-18(13-7-15)30(27,28)24-14-4-5-19(24)20(25)22-16-8-10-17(11-9-16)29-21(26)23(2)3/h6-13,19H,4-5,14H2,1-3H3,(H,22,25)/t19-/m0/s1. The number of rotatable bonds is 5. The van der Waals surface area contributed by atoms with Gasteiger partial charge in [0.25, 0.3) is 5.24 Å². The Balaban J connectivity index is 1.70. The van der Waals surface area contributed by atoms with Gasteiger partial charge < -0.3 is 10.2 Å². The largest absolute Gasteiger partial charge is 0.339 e. The highest BCUT2D eigenvalue weighted by Crippen LogP contribution is 2.28. The highest BCUT2D eigenvalue weighted by Gasteiger charge is 2.39. The lowest BCUT2D eigenvalue weighted by Gasteiger charge is -2.23. The Labute approximate surface area is 181 Å². The van der Waals surface area contributed by atoms with Crippen LogP contribution in [-0.2, 0) is 14.8 Å². The van der Waals surface area contributed by atoms with Crippen LogP contribution in [-0.4, -0.2) is 55.5 Å². The molecule has 0 spiro atoms. The van der Waals surface area contributed by atoms with Crippen molar-refractivity contribution < 1.29 is 18.0 Å². The van der Waals surface area contributed by atoms with Crippen LogP contribution in [0.2, 0.25) is 0 Å². The number of anilines is 1. The van der Waals surface area contributed by atoms with Crippen LogP contribution in [0.3, 0.4) is 0 Å². The summed E-state index contributed by atoms with van der Waals surface area (Å²) < 4.78 is 27.3. The second-order valence-electron chi connectivity index (χ2n) is 7.36. The van der Waals surface area contributed by atoms with Gasteiger partial charge in [-0.25, -0.2) is 8.42 Å². The molecule has 2 aromatic carbocycles. The number of sulfonamides is 1. The molecule has 160 valence electrons. The Bertz CT molecular complexity index is 1020. The van der Waals surface area contributed by atoms with E-state index in [1.54, 1.807) is 62.6 Å². The van der Waals surface area contributed by atoms with Crippen LogP contribution >= 0.6 is 11.8 Å². The molecular formula is C21H25N3O4S2. The lowest BCUT2D eigenvalue weighted by atomic mass is 10.2. The third-order valence-electron chi connectivity index (χ3n) is 4.83. The summed E-state index contributed by atoms with van der Waals surface area (Å²) in [6, 6.07) is 12.8. The second kappa shape index (κ2) is 9.20. The fourth-order valence-corrected chi connectivity index (χ4v) is 5.47. The number of carbonyl (C=O) groups excluding carboxylic acids is 2. The predicted octanol–water partition coefficient (Wildman–Crippen LogP) is 3.56. The maximum absolute atomic E-state index is 13.0. The van der Waals surface area contributed by atoms with Gasteiger partial charge in [-0.3, -0.25) is 9.59 Å². The molecule has 2 amide bonds. The molecule has 7 nitrogen and oxygen atoms in total. The topological polar surface area (TPSA) is 86.8 Å². The number of thioether (sulfide) groups is 1. The van der Waals surface area contributed by atoms with E-state index in [0.29, 0.717) is 25.1 Å². The monoisotopic (exact) mass is 447 g/mol. The Kier molecular flexibility index (Phi) is 6.84. The zero-order valence-electron chi connectivity index (χ0n) is 17.2. The molecular weight excluding hydrogens is 422 g/mol. The van der Waals surface area contributed by atoms with E-state index in [1.807, 2.05) is 6.92 Å². The molecule has 1 aliphatic heterocycles. The molecule has 0 aliphatic carbocycles. The summed E-state index contributed by atoms with van der Waals surface area (Å²) in [4.78, 5) is 27.0. The molecule has 1 fully saturated rings. The lowest BCUT2D eigenvalue weighted by Crippen LogP contribution is -2.43. The van der Waals surface area contributed by atoms with Crippen LogP contribution in [0.1, 0.15) is 18.4 Å². The number of hydrogen-bond donors (Lipinski definition) is 1. The summed E-state index contributed by atoms with van der Waals surface area (Å²) in [6.45, 7) is 2.21. The third kappa shape index (κ3) is 5.03. The number of amides is 2. The first-order valence-corrected chi connectivity index (χ1v) is 11.8. The number of hydrogen-bond acceptors (Lipinski definition) is 5. The Morgan fingerprint density at radius 3 is 2.30 bits per heavy atom. The molecule has 1 N–H and O–H groups in total. The molecule has 1 aliphatic rings. The molecule has 1 heterocycles. The number of benzene rings is 2. The number of aryl methyl sites for hydroxylation is 1. The minimum absolute atomic E-state index is 0.0882. The quantitative estimate of drug-likeness (QED) is 0.708. The van der Waals surface area contributed by atoms with Crippen molar-refractivity contribution >= 4 is 38.6 Å². The molecule has 0 unspecified atom stereocenters. The maximum Gasteiger partial charge on any atom is 0.285 e. The van der Waals surface area contributed by atoms with Crippen LogP contribution in [0.15, 0.2) is 58.3 Å². The highest BCUT2D eigenvalue weighted by molar-refractivity contribution is 8.13. The number of nitrogens with zero attached hydrogens (tertiary/aromatic N) is 2. The molecule has 0 saturated carbocycles. The fourth-order valence-electron chi connectivity index (χ4n) is 3.16. The first-order chi connectivity index (χ1) is 14.2. The van der Waals surface area contributed by atoms with Crippen molar-refractivity contribution in [1.82, 2.24) is 9.21 Å². The van der Waals surface area contributed by atoms with Gasteiger partial charge in [-0.2, -0.15) is 4.31 Å². The second-order valence-corrected chi connectivity index (χ2v) is 10.3. The summed E-state index contributed by atoms with van der Waals surface area (Å²) >= 11 is 1.09. The minimum Gasteiger partial charge on any atom is -0.339 e. The van der Waals surface area contributed by atoms with Gasteiger partial charge in [0.15, 0.2) is 0 Å². The molecule has 9 heteroatoms. The molecule has 2 aromatic rings. The zero-order valence-corrected chi connectivity index (χ0v) is 18.8. The molecule has 3 rings (SSSR count). The summed E-state index contributed by atoms with van der Waals surface area (Å²) in [5.41, 5.74) is 1.53. The van der Waals surface area contributed by atoms with Gasteiger partial charge >= 0.3 is 0 Å². The smallest absolute Gasteiger partial charge is 0.285 e. The third-order valence-corrected chi connectivity index (χ3v) is 7.80. The van der Waals surface area contributed by atoms with Crippen molar-refractivity contribution in [3.05, 3.63) is 54.1 Å². The molecule has 0 bridgehead atoms. The summed E-state index contributed by atoms with van der Waals surface area (Å²) in [7, 11) is -0.378. The van der Waals surface area contributed by atoms with Gasteiger partial charge in [-0.1, -0.05) is 17.7 Å². The van der Waals surface area contributed by atoms with Crippen molar-refractivity contribution in [2.24, 2.45) is 0 Å². The average molecular weight is 448 g/mol. The number of carbonyl (C=O) groups is 2. The van der Waals surface area contributed by atoms with Gasteiger partial charge in [0, 0.05) is 31.2 Å². The molecule has 30 heavy (non-hydrogen) atoms. The predicted molar refractivity (Wildman–Crippen MR) is 118 cm³/mol. The first kappa shape index (κ1) is 22.3. The zero-order chi connectivity index (χ0) is 21.9. The van der Waals surface area contributed by atoms with Crippen LogP contribution in [0.25, 0.3) is 0 Å². The summed E-state index contributed by atoms with van der Waals surface area (Å²) in [6.07, 6.45) is 1.10. The van der Waals surface area contributed by atoms with Gasteiger partial charge in [0.05, 0.1) is 4.90 Å². The highest BCUT2D eigenvalue weighted by atomic mass is 32.2. The molecule has 1 atom stereocenters. The van der Waals surface area contributed by atoms with Crippen molar-refractivity contribution in [2.45, 2.75) is 35.6 Å². The fraction of sp³-hybridized carbons (Fsp3) is 0.333. The van der Waals surface area contributed by atoms with Gasteiger partial charge in [0.2, 0.25) is 15.9 Å². The van der Waals surface area contributed by atoms with Crippen LogP contribution in [0.5, 0.6) is 0 Å². The molecule has 0 aromatic heterocycles. The van der Waals surface area contributed by atoms with Crippen molar-refractivity contribution in [1.29, 1.82) is 0 Å². The lowest BCUT2D eigenvalue weighted by molar-refractivity contribution is -0.119. The van der Waals surface area contributed by atoms with Crippen molar-refractivity contribution in [2.75, 3.05) is 26.0 Å². The van der Waals surface area contributed by atoms with E-state index in [9.17, 15) is 18.0 Å². The average Bonchev–Trinajstić information content (AvgIpc) is 3.21. The van der Waals surface area contributed by atoms with E-state index in [1.165, 1.54) is 9.21 Å². The number of nitrogens with one attached hydrogen (secondary N) is 1. The van der Waals surface area contributed by atoms with Crippen LogP contribution in [0.4, 0.5) is 10.5 Å². The van der Waals surface area contributed by atoms with Gasteiger partial charge in [-0.05, 0) is 67.9 Å². The van der Waals surface area contributed by atoms with Gasteiger partial charge in [0.1, 0.15) is 6.04 Å². The van der Waals surface area contributed by atoms with Crippen molar-refractivity contribution in [3.8, 4) is 0 Å². The van der Waals surface area contributed by atoms with Crippen LogP contribution < -0.4 is 5.32 Å². The van der Waals surface area contributed by atoms with E-state index in [-0.39, 0.29) is 16.0 Å². The molecule has 1 saturated heterocycles. The van der Waals surface area contributed by atoms with E-state index < -0.39 is 16.1 Å². The Morgan fingerprint density at radius 1 is 1.07 bits per heavy atom. The Morgan fingerprint density at radius 2 is 1.70 bits per heavy atom. The molecule has 0 radical (unpaired) electrons. The SMILES string of the molecule is Cc1ccc(S(=O)(=O)N2CCC[C@H]2C(=O)Nc2ccc(SC(=O)N(C)C)cc2)cc1. The van der Waals surface area contributed by atoms with Crippen LogP contribution in [0, 0.1) is 6.92 Å². The van der Waals surface area contributed by atoms with Gasteiger partial charge in [-0.15, -0.1) is 0 Å². The van der Waals surface area contributed by atoms with E-state index in [0.717, 1.165) is 22.2 Å². The van der Waals surface area contributed by atoms with E-state index in [2.05, 4.69) is 5.32 Å². The summed E-state index contributed by atoms with van der Waals surface area (Å²) in [5, 5.41) is 2.71. The Hall–Kier alpha value is -2.36. The maximum atomic E-state index is 13.0. The van der Waals surface area contributed by atoms with E-state index in [4.69, 9.17) is 0 Å².